The van der Waals surface area contributed by atoms with Gasteiger partial charge in [-0.05, 0) is 39.2 Å². The third-order valence-electron chi connectivity index (χ3n) is 3.09. The average Bonchev–Trinajstić information content (AvgIpc) is 2.27. The van der Waals surface area contributed by atoms with Crippen LogP contribution in [0.1, 0.15) is 46.0 Å². The maximum Gasteiger partial charge on any atom is 0.308 e. The van der Waals surface area contributed by atoms with E-state index in [-0.39, 0.29) is 24.3 Å². The molecule has 0 aromatic rings. The molecule has 0 aliphatic carbocycles. The zero-order valence-electron chi connectivity index (χ0n) is 10.3. The number of rotatable bonds is 5. The number of nitrogens with one attached hydrogen (secondary N) is 1. The molecule has 0 aromatic carbocycles. The minimum absolute atomic E-state index is 0. The van der Waals surface area contributed by atoms with Crippen molar-refractivity contribution < 1.29 is 9.53 Å². The fraction of sp³-hybridized carbons (Fsp3) is 0.917. The Kier molecular flexibility index (Phi) is 8.67. The number of piperidine rings is 1. The molecule has 1 fully saturated rings. The fourth-order valence-corrected chi connectivity index (χ4v) is 2.16. The Hall–Kier alpha value is -0.280. The van der Waals surface area contributed by atoms with Crippen LogP contribution in [0.2, 0.25) is 0 Å². The lowest BCUT2D eigenvalue weighted by molar-refractivity contribution is -0.148. The summed E-state index contributed by atoms with van der Waals surface area (Å²) in [6, 6.07) is 0.521. The van der Waals surface area contributed by atoms with Gasteiger partial charge in [0.05, 0.1) is 12.5 Å². The molecule has 0 spiro atoms. The fourth-order valence-electron chi connectivity index (χ4n) is 2.16. The first-order valence-electron chi connectivity index (χ1n) is 6.18. The first-order valence-corrected chi connectivity index (χ1v) is 6.18. The van der Waals surface area contributed by atoms with E-state index in [0.717, 1.165) is 19.4 Å². The summed E-state index contributed by atoms with van der Waals surface area (Å²) in [5.41, 5.74) is 0. The van der Waals surface area contributed by atoms with Crippen LogP contribution in [0.25, 0.3) is 0 Å². The lowest BCUT2D eigenvalue weighted by Gasteiger charge is -2.26. The van der Waals surface area contributed by atoms with Crippen LogP contribution in [-0.2, 0) is 9.53 Å². The maximum atomic E-state index is 11.6. The minimum atomic E-state index is -0.0210. The number of halogens is 1. The van der Waals surface area contributed by atoms with Gasteiger partial charge in [0, 0.05) is 6.04 Å². The topological polar surface area (TPSA) is 38.3 Å². The van der Waals surface area contributed by atoms with Crippen molar-refractivity contribution in [3.63, 3.8) is 0 Å². The molecule has 1 aliphatic rings. The Morgan fingerprint density at radius 3 is 2.69 bits per heavy atom. The summed E-state index contributed by atoms with van der Waals surface area (Å²) in [5, 5.41) is 3.47. The van der Waals surface area contributed by atoms with Crippen LogP contribution < -0.4 is 5.32 Å². The third kappa shape index (κ3) is 5.17. The van der Waals surface area contributed by atoms with Crippen molar-refractivity contribution in [2.75, 3.05) is 13.2 Å². The molecular formula is C12H24ClNO2. The van der Waals surface area contributed by atoms with E-state index in [0.29, 0.717) is 12.6 Å². The summed E-state index contributed by atoms with van der Waals surface area (Å²) < 4.78 is 5.07. The van der Waals surface area contributed by atoms with Crippen LogP contribution in [-0.4, -0.2) is 25.2 Å². The Bertz CT molecular complexity index is 193. The minimum Gasteiger partial charge on any atom is -0.466 e. The van der Waals surface area contributed by atoms with Crippen LogP contribution in [0.15, 0.2) is 0 Å². The van der Waals surface area contributed by atoms with Gasteiger partial charge < -0.3 is 10.1 Å². The molecule has 16 heavy (non-hydrogen) atoms. The highest BCUT2D eigenvalue weighted by atomic mass is 35.5. The molecular weight excluding hydrogens is 226 g/mol. The second-order valence-corrected chi connectivity index (χ2v) is 4.24. The van der Waals surface area contributed by atoms with Gasteiger partial charge in [0.15, 0.2) is 0 Å². The molecule has 0 amide bonds. The van der Waals surface area contributed by atoms with E-state index < -0.39 is 0 Å². The van der Waals surface area contributed by atoms with Crippen molar-refractivity contribution in [2.24, 2.45) is 5.92 Å². The molecule has 2 atom stereocenters. The molecule has 1 aliphatic heterocycles. The van der Waals surface area contributed by atoms with E-state index >= 15 is 0 Å². The number of ether oxygens (including phenoxy) is 1. The van der Waals surface area contributed by atoms with Gasteiger partial charge in [-0.15, -0.1) is 12.4 Å². The van der Waals surface area contributed by atoms with Gasteiger partial charge in [-0.3, -0.25) is 4.79 Å². The Morgan fingerprint density at radius 1 is 1.44 bits per heavy atom. The van der Waals surface area contributed by atoms with Gasteiger partial charge >= 0.3 is 5.97 Å². The van der Waals surface area contributed by atoms with Crippen LogP contribution in [0, 0.1) is 5.92 Å². The van der Waals surface area contributed by atoms with Crippen LogP contribution in [0.3, 0.4) is 0 Å². The molecule has 2 unspecified atom stereocenters. The lowest BCUT2D eigenvalue weighted by atomic mass is 9.92. The first-order chi connectivity index (χ1) is 7.27. The zero-order valence-corrected chi connectivity index (χ0v) is 11.1. The standard InChI is InChI=1S/C12H23NO2.ClH/c1-3-10(12(14)15-4-2)9-11-7-5-6-8-13-11;/h10-11,13H,3-9H2,1-2H3;1H. The second kappa shape index (κ2) is 8.82. The van der Waals surface area contributed by atoms with E-state index in [9.17, 15) is 4.79 Å². The molecule has 0 saturated carbocycles. The van der Waals surface area contributed by atoms with Gasteiger partial charge in [-0.1, -0.05) is 13.3 Å². The van der Waals surface area contributed by atoms with E-state index in [1.807, 2.05) is 6.92 Å². The van der Waals surface area contributed by atoms with E-state index in [4.69, 9.17) is 4.74 Å². The normalized spacial score (nSPS) is 22.0. The molecule has 0 bridgehead atoms. The molecule has 3 nitrogen and oxygen atoms in total. The molecule has 0 aromatic heterocycles. The Balaban J connectivity index is 0.00000225. The molecule has 1 saturated heterocycles. The van der Waals surface area contributed by atoms with Crippen molar-refractivity contribution in [1.29, 1.82) is 0 Å². The molecule has 0 radical (unpaired) electrons. The highest BCUT2D eigenvalue weighted by molar-refractivity contribution is 5.85. The van der Waals surface area contributed by atoms with Crippen molar-refractivity contribution in [2.45, 2.75) is 52.0 Å². The second-order valence-electron chi connectivity index (χ2n) is 4.24. The lowest BCUT2D eigenvalue weighted by Crippen LogP contribution is -2.37. The van der Waals surface area contributed by atoms with Gasteiger partial charge in [0.2, 0.25) is 0 Å². The monoisotopic (exact) mass is 249 g/mol. The molecule has 1 rings (SSSR count). The van der Waals surface area contributed by atoms with Crippen molar-refractivity contribution >= 4 is 18.4 Å². The van der Waals surface area contributed by atoms with Gasteiger partial charge in [-0.2, -0.15) is 0 Å². The van der Waals surface area contributed by atoms with Crippen molar-refractivity contribution in [1.82, 2.24) is 5.32 Å². The van der Waals surface area contributed by atoms with Crippen molar-refractivity contribution in [3.8, 4) is 0 Å². The summed E-state index contributed by atoms with van der Waals surface area (Å²) in [6.45, 7) is 5.52. The molecule has 4 heteroatoms. The summed E-state index contributed by atoms with van der Waals surface area (Å²) in [5.74, 6) is 0.0629. The summed E-state index contributed by atoms with van der Waals surface area (Å²) in [4.78, 5) is 11.6. The number of carbonyl (C=O) groups excluding carboxylic acids is 1. The maximum absolute atomic E-state index is 11.6. The Labute approximate surface area is 105 Å². The van der Waals surface area contributed by atoms with Crippen LogP contribution in [0.4, 0.5) is 0 Å². The third-order valence-corrected chi connectivity index (χ3v) is 3.09. The van der Waals surface area contributed by atoms with Crippen molar-refractivity contribution in [3.05, 3.63) is 0 Å². The van der Waals surface area contributed by atoms with E-state index in [2.05, 4.69) is 12.2 Å². The summed E-state index contributed by atoms with van der Waals surface area (Å²) in [7, 11) is 0. The Morgan fingerprint density at radius 2 is 2.19 bits per heavy atom. The summed E-state index contributed by atoms with van der Waals surface area (Å²) >= 11 is 0. The summed E-state index contributed by atoms with van der Waals surface area (Å²) in [6.07, 6.45) is 5.59. The molecule has 1 N–H and O–H groups in total. The number of hydrogen-bond acceptors (Lipinski definition) is 3. The quantitative estimate of drug-likeness (QED) is 0.761. The SMILES string of the molecule is CCOC(=O)C(CC)CC1CCCCN1.Cl. The van der Waals surface area contributed by atoms with Gasteiger partial charge in [-0.25, -0.2) is 0 Å². The smallest absolute Gasteiger partial charge is 0.308 e. The van der Waals surface area contributed by atoms with Crippen LogP contribution in [0.5, 0.6) is 0 Å². The molecule has 96 valence electrons. The first kappa shape index (κ1) is 15.7. The number of esters is 1. The molecule has 1 heterocycles. The van der Waals surface area contributed by atoms with Crippen LogP contribution >= 0.6 is 12.4 Å². The highest BCUT2D eigenvalue weighted by Gasteiger charge is 2.23. The van der Waals surface area contributed by atoms with E-state index in [1.54, 1.807) is 0 Å². The van der Waals surface area contributed by atoms with Gasteiger partial charge in [0.25, 0.3) is 0 Å². The highest BCUT2D eigenvalue weighted by Crippen LogP contribution is 2.18. The predicted octanol–water partition coefficient (Wildman–Crippen LogP) is 2.53. The van der Waals surface area contributed by atoms with E-state index in [1.165, 1.54) is 19.3 Å². The zero-order chi connectivity index (χ0) is 11.1. The van der Waals surface area contributed by atoms with Gasteiger partial charge in [0.1, 0.15) is 0 Å². The number of hydrogen-bond donors (Lipinski definition) is 1. The predicted molar refractivity (Wildman–Crippen MR) is 67.9 cm³/mol. The largest absolute Gasteiger partial charge is 0.466 e. The number of carbonyl (C=O) groups is 1. The average molecular weight is 250 g/mol.